The van der Waals surface area contributed by atoms with Gasteiger partial charge in [0.05, 0.1) is 5.69 Å². The molecule has 1 aromatic heterocycles. The first-order valence-electron chi connectivity index (χ1n) is 6.40. The van der Waals surface area contributed by atoms with Gasteiger partial charge in [-0.3, -0.25) is 9.78 Å². The average molecular weight is 248 g/mol. The van der Waals surface area contributed by atoms with Crippen LogP contribution < -0.4 is 16.8 Å². The fourth-order valence-corrected chi connectivity index (χ4v) is 2.26. The topological polar surface area (TPSA) is 94.0 Å². The normalized spacial score (nSPS) is 23.7. The van der Waals surface area contributed by atoms with Gasteiger partial charge in [-0.25, -0.2) is 0 Å². The number of hydrogen-bond acceptors (Lipinski definition) is 4. The van der Waals surface area contributed by atoms with Crippen molar-refractivity contribution in [1.82, 2.24) is 10.3 Å². The first kappa shape index (κ1) is 13.0. The zero-order chi connectivity index (χ0) is 13.0. The molecule has 0 aliphatic heterocycles. The van der Waals surface area contributed by atoms with Crippen LogP contribution in [0.2, 0.25) is 0 Å². The van der Waals surface area contributed by atoms with Gasteiger partial charge in [-0.1, -0.05) is 0 Å². The van der Waals surface area contributed by atoms with E-state index >= 15 is 0 Å². The predicted molar refractivity (Wildman–Crippen MR) is 69.8 cm³/mol. The van der Waals surface area contributed by atoms with Crippen LogP contribution in [0.15, 0.2) is 18.3 Å². The molecule has 18 heavy (non-hydrogen) atoms. The number of amides is 1. The van der Waals surface area contributed by atoms with Crippen molar-refractivity contribution in [3.05, 3.63) is 29.6 Å². The number of nitrogens with two attached hydrogens (primary N) is 2. The molecule has 1 amide bonds. The molecule has 5 nitrogen and oxygen atoms in total. The molecule has 1 saturated carbocycles. The molecule has 0 bridgehead atoms. The summed E-state index contributed by atoms with van der Waals surface area (Å²) in [6, 6.07) is 3.99. The van der Waals surface area contributed by atoms with Crippen molar-refractivity contribution in [2.24, 2.45) is 11.5 Å². The number of rotatable bonds is 3. The smallest absolute Gasteiger partial charge is 0.251 e. The third-order valence-corrected chi connectivity index (χ3v) is 3.39. The fourth-order valence-electron chi connectivity index (χ4n) is 2.26. The molecule has 0 unspecified atom stereocenters. The lowest BCUT2D eigenvalue weighted by Crippen LogP contribution is -2.40. The van der Waals surface area contributed by atoms with Gasteiger partial charge in [0.2, 0.25) is 0 Å². The summed E-state index contributed by atoms with van der Waals surface area (Å²) in [6.45, 7) is 0.347. The van der Waals surface area contributed by atoms with Crippen molar-refractivity contribution in [3.63, 3.8) is 0 Å². The minimum absolute atomic E-state index is 0.0485. The monoisotopic (exact) mass is 248 g/mol. The van der Waals surface area contributed by atoms with Crippen molar-refractivity contribution in [2.45, 2.75) is 44.3 Å². The van der Waals surface area contributed by atoms with E-state index in [1.807, 2.05) is 0 Å². The van der Waals surface area contributed by atoms with Gasteiger partial charge in [0, 0.05) is 30.4 Å². The van der Waals surface area contributed by atoms with Gasteiger partial charge >= 0.3 is 0 Å². The highest BCUT2D eigenvalue weighted by Crippen LogP contribution is 2.17. The Kier molecular flexibility index (Phi) is 4.28. The van der Waals surface area contributed by atoms with Crippen molar-refractivity contribution >= 4 is 5.91 Å². The van der Waals surface area contributed by atoms with Gasteiger partial charge in [0.1, 0.15) is 0 Å². The van der Waals surface area contributed by atoms with E-state index in [0.29, 0.717) is 18.2 Å². The van der Waals surface area contributed by atoms with E-state index in [4.69, 9.17) is 11.5 Å². The van der Waals surface area contributed by atoms with Crippen LogP contribution in [-0.2, 0) is 6.54 Å². The second kappa shape index (κ2) is 5.93. The SMILES string of the molecule is NCc1cc(C(=O)NC2CCC(N)CC2)ccn1. The summed E-state index contributed by atoms with van der Waals surface area (Å²) in [5.41, 5.74) is 12.7. The highest BCUT2D eigenvalue weighted by Gasteiger charge is 2.20. The summed E-state index contributed by atoms with van der Waals surface area (Å²) >= 11 is 0. The molecule has 0 saturated heterocycles. The Morgan fingerprint density at radius 3 is 2.78 bits per heavy atom. The van der Waals surface area contributed by atoms with Crippen molar-refractivity contribution < 1.29 is 4.79 Å². The third-order valence-electron chi connectivity index (χ3n) is 3.39. The summed E-state index contributed by atoms with van der Waals surface area (Å²) in [4.78, 5) is 16.1. The Morgan fingerprint density at radius 1 is 1.39 bits per heavy atom. The maximum atomic E-state index is 12.1. The van der Waals surface area contributed by atoms with Gasteiger partial charge in [-0.05, 0) is 37.8 Å². The molecule has 0 atom stereocenters. The molecule has 1 aromatic rings. The van der Waals surface area contributed by atoms with E-state index in [0.717, 1.165) is 31.4 Å². The Labute approximate surface area is 107 Å². The van der Waals surface area contributed by atoms with Gasteiger partial charge in [-0.2, -0.15) is 0 Å². The van der Waals surface area contributed by atoms with Crippen LogP contribution in [0.5, 0.6) is 0 Å². The van der Waals surface area contributed by atoms with Crippen LogP contribution in [0, 0.1) is 0 Å². The Morgan fingerprint density at radius 2 is 2.11 bits per heavy atom. The Hall–Kier alpha value is -1.46. The van der Waals surface area contributed by atoms with Crippen LogP contribution in [0.1, 0.15) is 41.7 Å². The summed E-state index contributed by atoms with van der Waals surface area (Å²) in [5.74, 6) is -0.0485. The van der Waals surface area contributed by atoms with Crippen LogP contribution in [0.3, 0.4) is 0 Å². The van der Waals surface area contributed by atoms with Crippen molar-refractivity contribution in [3.8, 4) is 0 Å². The van der Waals surface area contributed by atoms with E-state index in [2.05, 4.69) is 10.3 Å². The molecule has 5 heteroatoms. The molecule has 5 N–H and O–H groups in total. The number of aromatic nitrogens is 1. The van der Waals surface area contributed by atoms with Crippen LogP contribution >= 0.6 is 0 Å². The number of carbonyl (C=O) groups is 1. The average Bonchev–Trinajstić information content (AvgIpc) is 2.41. The first-order chi connectivity index (χ1) is 8.69. The van der Waals surface area contributed by atoms with E-state index in [9.17, 15) is 4.79 Å². The molecule has 0 aromatic carbocycles. The molecule has 1 fully saturated rings. The highest BCUT2D eigenvalue weighted by molar-refractivity contribution is 5.94. The zero-order valence-electron chi connectivity index (χ0n) is 10.4. The van der Waals surface area contributed by atoms with Crippen molar-refractivity contribution in [2.75, 3.05) is 0 Å². The fraction of sp³-hybridized carbons (Fsp3) is 0.538. The molecule has 1 heterocycles. The van der Waals surface area contributed by atoms with E-state index < -0.39 is 0 Å². The first-order valence-corrected chi connectivity index (χ1v) is 6.40. The predicted octanol–water partition coefficient (Wildman–Crippen LogP) is 0.540. The summed E-state index contributed by atoms with van der Waals surface area (Å²) < 4.78 is 0. The van der Waals surface area contributed by atoms with Crippen LogP contribution in [-0.4, -0.2) is 23.0 Å². The zero-order valence-corrected chi connectivity index (χ0v) is 10.4. The van der Waals surface area contributed by atoms with Crippen LogP contribution in [0.25, 0.3) is 0 Å². The summed E-state index contributed by atoms with van der Waals surface area (Å²) in [5, 5.41) is 3.04. The Balaban J connectivity index is 1.94. The summed E-state index contributed by atoms with van der Waals surface area (Å²) in [7, 11) is 0. The second-order valence-electron chi connectivity index (χ2n) is 4.83. The standard InChI is InChI=1S/C13H20N4O/c14-8-12-7-9(5-6-16-12)13(18)17-11-3-1-10(15)2-4-11/h5-7,10-11H,1-4,8,14-15H2,(H,17,18). The van der Waals surface area contributed by atoms with E-state index in [1.54, 1.807) is 18.3 Å². The van der Waals surface area contributed by atoms with Gasteiger partial charge in [0.15, 0.2) is 0 Å². The lowest BCUT2D eigenvalue weighted by molar-refractivity contribution is 0.0925. The molecular formula is C13H20N4O. The number of nitrogens with one attached hydrogen (secondary N) is 1. The van der Waals surface area contributed by atoms with Gasteiger partial charge in [0.25, 0.3) is 5.91 Å². The molecule has 2 rings (SSSR count). The lowest BCUT2D eigenvalue weighted by Gasteiger charge is -2.26. The van der Waals surface area contributed by atoms with E-state index in [-0.39, 0.29) is 11.9 Å². The Bertz CT molecular complexity index is 413. The molecule has 98 valence electrons. The second-order valence-corrected chi connectivity index (χ2v) is 4.83. The summed E-state index contributed by atoms with van der Waals surface area (Å²) in [6.07, 6.45) is 5.50. The highest BCUT2D eigenvalue weighted by atomic mass is 16.1. The maximum Gasteiger partial charge on any atom is 0.251 e. The minimum atomic E-state index is -0.0485. The minimum Gasteiger partial charge on any atom is -0.349 e. The maximum absolute atomic E-state index is 12.1. The quantitative estimate of drug-likeness (QED) is 0.727. The third kappa shape index (κ3) is 3.27. The molecule has 1 aliphatic rings. The van der Waals surface area contributed by atoms with Crippen molar-refractivity contribution in [1.29, 1.82) is 0 Å². The number of nitrogens with zero attached hydrogens (tertiary/aromatic N) is 1. The van der Waals surface area contributed by atoms with Gasteiger partial charge in [-0.15, -0.1) is 0 Å². The largest absolute Gasteiger partial charge is 0.349 e. The lowest BCUT2D eigenvalue weighted by atomic mass is 9.91. The molecular weight excluding hydrogens is 228 g/mol. The van der Waals surface area contributed by atoms with Crippen LogP contribution in [0.4, 0.5) is 0 Å². The molecule has 0 spiro atoms. The van der Waals surface area contributed by atoms with Gasteiger partial charge < -0.3 is 16.8 Å². The number of carbonyl (C=O) groups excluding carboxylic acids is 1. The van der Waals surface area contributed by atoms with E-state index in [1.165, 1.54) is 0 Å². The molecule has 1 aliphatic carbocycles. The number of hydrogen-bond donors (Lipinski definition) is 3. The molecule has 0 radical (unpaired) electrons. The number of pyridine rings is 1.